The van der Waals surface area contributed by atoms with E-state index in [1.807, 2.05) is 47.6 Å². The first-order valence-corrected chi connectivity index (χ1v) is 11.5. The van der Waals surface area contributed by atoms with Crippen LogP contribution in [0.5, 0.6) is 5.75 Å². The van der Waals surface area contributed by atoms with Crippen molar-refractivity contribution >= 4 is 35.0 Å². The Kier molecular flexibility index (Phi) is 9.41. The molecule has 0 unspecified atom stereocenters. The molecule has 2 aromatic carbocycles. The molecule has 0 radical (unpaired) electrons. The molecule has 32 heavy (non-hydrogen) atoms. The second kappa shape index (κ2) is 11.6. The maximum absolute atomic E-state index is 13.3. The molecule has 174 valence electrons. The molecule has 0 spiro atoms. The maximum Gasteiger partial charge on any atom is 0.261 e. The lowest BCUT2D eigenvalue weighted by Gasteiger charge is -2.31. The average molecular weight is 479 g/mol. The normalized spacial score (nSPS) is 11.9. The fourth-order valence-corrected chi connectivity index (χ4v) is 3.83. The van der Waals surface area contributed by atoms with Gasteiger partial charge in [0.2, 0.25) is 5.91 Å². The van der Waals surface area contributed by atoms with Crippen molar-refractivity contribution in [1.82, 2.24) is 10.2 Å². The van der Waals surface area contributed by atoms with Crippen molar-refractivity contribution in [2.24, 2.45) is 0 Å². The largest absolute Gasteiger partial charge is 0.483 e. The van der Waals surface area contributed by atoms with Crippen molar-refractivity contribution in [3.8, 4) is 5.75 Å². The Balaban J connectivity index is 2.30. The van der Waals surface area contributed by atoms with Gasteiger partial charge in [0.25, 0.3) is 5.91 Å². The predicted molar refractivity (Wildman–Crippen MR) is 131 cm³/mol. The Morgan fingerprint density at radius 1 is 1.06 bits per heavy atom. The number of benzene rings is 2. The monoisotopic (exact) mass is 478 g/mol. The second-order valence-electron chi connectivity index (χ2n) is 8.35. The van der Waals surface area contributed by atoms with Crippen molar-refractivity contribution in [3.63, 3.8) is 0 Å². The summed E-state index contributed by atoms with van der Waals surface area (Å²) in [5.74, 6) is 0.198. The van der Waals surface area contributed by atoms with E-state index < -0.39 is 6.04 Å². The molecule has 0 bridgehead atoms. The summed E-state index contributed by atoms with van der Waals surface area (Å²) < 4.78 is 5.91. The van der Waals surface area contributed by atoms with Gasteiger partial charge in [-0.05, 0) is 81.5 Å². The van der Waals surface area contributed by atoms with E-state index >= 15 is 0 Å². The molecule has 7 heteroatoms. The fourth-order valence-electron chi connectivity index (χ4n) is 3.51. The van der Waals surface area contributed by atoms with Gasteiger partial charge in [-0.3, -0.25) is 9.59 Å². The van der Waals surface area contributed by atoms with E-state index in [0.29, 0.717) is 22.2 Å². The second-order valence-corrected chi connectivity index (χ2v) is 9.17. The van der Waals surface area contributed by atoms with Gasteiger partial charge in [-0.2, -0.15) is 0 Å². The van der Waals surface area contributed by atoms with Crippen molar-refractivity contribution < 1.29 is 14.3 Å². The summed E-state index contributed by atoms with van der Waals surface area (Å²) in [6.07, 6.45) is 0.466. The van der Waals surface area contributed by atoms with E-state index in [9.17, 15) is 9.59 Å². The Morgan fingerprint density at radius 2 is 1.75 bits per heavy atom. The highest BCUT2D eigenvalue weighted by atomic mass is 35.5. The predicted octanol–water partition coefficient (Wildman–Crippen LogP) is 5.63. The van der Waals surface area contributed by atoms with Crippen LogP contribution in [-0.2, 0) is 16.1 Å². The van der Waals surface area contributed by atoms with Crippen LogP contribution in [0.4, 0.5) is 0 Å². The van der Waals surface area contributed by atoms with Crippen LogP contribution >= 0.6 is 23.2 Å². The Bertz CT molecular complexity index is 976. The molecule has 2 aromatic rings. The molecular formula is C25H32Cl2N2O3. The lowest BCUT2D eigenvalue weighted by Crippen LogP contribution is -2.51. The molecule has 5 nitrogen and oxygen atoms in total. The van der Waals surface area contributed by atoms with Crippen molar-refractivity contribution in [2.45, 2.75) is 66.6 Å². The summed E-state index contributed by atoms with van der Waals surface area (Å²) in [6.45, 7) is 11.7. The molecule has 0 aromatic heterocycles. The summed E-state index contributed by atoms with van der Waals surface area (Å²) >= 11 is 12.2. The highest BCUT2D eigenvalue weighted by Gasteiger charge is 2.29. The molecule has 0 aliphatic rings. The molecule has 1 atom stereocenters. The van der Waals surface area contributed by atoms with Gasteiger partial charge in [0.1, 0.15) is 11.8 Å². The third kappa shape index (κ3) is 6.88. The number of nitrogens with one attached hydrogen (secondary N) is 1. The first-order chi connectivity index (χ1) is 15.0. The van der Waals surface area contributed by atoms with Crippen molar-refractivity contribution in [3.05, 3.63) is 62.6 Å². The van der Waals surface area contributed by atoms with Crippen LogP contribution in [0.2, 0.25) is 10.0 Å². The quantitative estimate of drug-likeness (QED) is 0.507. The van der Waals surface area contributed by atoms with Crippen molar-refractivity contribution in [1.29, 1.82) is 0 Å². The Morgan fingerprint density at radius 3 is 2.34 bits per heavy atom. The zero-order valence-electron chi connectivity index (χ0n) is 19.6. The summed E-state index contributed by atoms with van der Waals surface area (Å²) in [5.41, 5.74) is 3.93. The molecule has 0 aliphatic heterocycles. The van der Waals surface area contributed by atoms with E-state index in [4.69, 9.17) is 27.9 Å². The van der Waals surface area contributed by atoms with E-state index in [0.717, 1.165) is 22.3 Å². The molecule has 0 saturated heterocycles. The molecule has 1 N–H and O–H groups in total. The Labute approximate surface area is 201 Å². The number of nitrogens with zero attached hydrogens (tertiary/aromatic N) is 1. The minimum absolute atomic E-state index is 0.0346. The van der Waals surface area contributed by atoms with Gasteiger partial charge in [-0.25, -0.2) is 0 Å². The summed E-state index contributed by atoms with van der Waals surface area (Å²) in [5, 5.41) is 3.75. The van der Waals surface area contributed by atoms with Gasteiger partial charge in [-0.1, -0.05) is 42.3 Å². The van der Waals surface area contributed by atoms with Gasteiger partial charge >= 0.3 is 0 Å². The smallest absolute Gasteiger partial charge is 0.261 e. The topological polar surface area (TPSA) is 58.6 Å². The number of halogens is 2. The zero-order chi connectivity index (χ0) is 24.0. The van der Waals surface area contributed by atoms with E-state index in [2.05, 4.69) is 11.4 Å². The highest BCUT2D eigenvalue weighted by molar-refractivity contribution is 6.42. The molecule has 2 rings (SSSR count). The van der Waals surface area contributed by atoms with Gasteiger partial charge in [-0.15, -0.1) is 0 Å². The molecule has 0 aliphatic carbocycles. The summed E-state index contributed by atoms with van der Waals surface area (Å²) in [4.78, 5) is 27.7. The number of hydrogen-bond donors (Lipinski definition) is 1. The highest BCUT2D eigenvalue weighted by Crippen LogP contribution is 2.25. The number of rotatable bonds is 9. The van der Waals surface area contributed by atoms with Crippen LogP contribution in [0.1, 0.15) is 49.4 Å². The summed E-state index contributed by atoms with van der Waals surface area (Å²) in [7, 11) is 0. The van der Waals surface area contributed by atoms with E-state index in [-0.39, 0.29) is 31.0 Å². The molecule has 2 amide bonds. The molecule has 0 saturated carbocycles. The van der Waals surface area contributed by atoms with Gasteiger partial charge in [0.15, 0.2) is 6.61 Å². The lowest BCUT2D eigenvalue weighted by atomic mass is 10.1. The third-order valence-corrected chi connectivity index (χ3v) is 6.01. The van der Waals surface area contributed by atoms with Crippen LogP contribution in [0.25, 0.3) is 0 Å². The zero-order valence-corrected chi connectivity index (χ0v) is 21.1. The molecule has 0 fully saturated rings. The minimum Gasteiger partial charge on any atom is -0.483 e. The average Bonchev–Trinajstić information content (AvgIpc) is 2.71. The Hall–Kier alpha value is -2.24. The molecular weight excluding hydrogens is 447 g/mol. The van der Waals surface area contributed by atoms with E-state index in [1.54, 1.807) is 23.1 Å². The van der Waals surface area contributed by atoms with Crippen LogP contribution < -0.4 is 10.1 Å². The van der Waals surface area contributed by atoms with Gasteiger partial charge in [0, 0.05) is 12.6 Å². The minimum atomic E-state index is -0.636. The number of carbonyl (C=O) groups is 2. The first-order valence-electron chi connectivity index (χ1n) is 10.8. The fraction of sp³-hybridized carbons (Fsp3) is 0.440. The standard InChI is InChI=1S/C25H32Cl2N2O3/c1-7-22(25(31)28-15(2)3)29(13-19-8-9-20(26)21(27)12-19)24(30)14-32-23-11-16(4)10-17(5)18(23)6/h8-12,15,22H,7,13-14H2,1-6H3,(H,28,31)/t22-/m1/s1. The van der Waals surface area contributed by atoms with Crippen LogP contribution in [0.15, 0.2) is 30.3 Å². The summed E-state index contributed by atoms with van der Waals surface area (Å²) in [6, 6.07) is 8.52. The lowest BCUT2D eigenvalue weighted by molar-refractivity contribution is -0.143. The molecule has 0 heterocycles. The number of aryl methyl sites for hydroxylation is 2. The van der Waals surface area contributed by atoms with Crippen LogP contribution in [0.3, 0.4) is 0 Å². The number of hydrogen-bond acceptors (Lipinski definition) is 3. The van der Waals surface area contributed by atoms with Gasteiger partial charge < -0.3 is 15.0 Å². The van der Waals surface area contributed by atoms with Crippen molar-refractivity contribution in [2.75, 3.05) is 6.61 Å². The maximum atomic E-state index is 13.3. The number of amides is 2. The number of ether oxygens (including phenoxy) is 1. The van der Waals surface area contributed by atoms with Crippen LogP contribution in [-0.4, -0.2) is 35.4 Å². The third-order valence-electron chi connectivity index (χ3n) is 5.27. The van der Waals surface area contributed by atoms with E-state index in [1.165, 1.54) is 0 Å². The van der Waals surface area contributed by atoms with Crippen LogP contribution in [0, 0.1) is 20.8 Å². The number of carbonyl (C=O) groups excluding carboxylic acids is 2. The van der Waals surface area contributed by atoms with Gasteiger partial charge in [0.05, 0.1) is 10.0 Å². The SMILES string of the molecule is CC[C@H](C(=O)NC(C)C)N(Cc1ccc(Cl)c(Cl)c1)C(=O)COc1cc(C)cc(C)c1C. The first kappa shape index (κ1) is 26.0.